The molecule has 0 saturated heterocycles. The Hall–Kier alpha value is -2.52. The second kappa shape index (κ2) is 9.43. The molecule has 1 heterocycles. The van der Waals surface area contributed by atoms with Gasteiger partial charge in [-0.3, -0.25) is 9.48 Å². The number of anilines is 1. The third-order valence-electron chi connectivity index (χ3n) is 4.15. The van der Waals surface area contributed by atoms with Crippen LogP contribution >= 0.6 is 11.6 Å². The number of amides is 1. The second-order valence-corrected chi connectivity index (χ2v) is 7.05. The third-order valence-corrected chi connectivity index (χ3v) is 4.44. The molecule has 1 aromatic heterocycles. The van der Waals surface area contributed by atoms with Gasteiger partial charge in [0.1, 0.15) is 5.75 Å². The van der Waals surface area contributed by atoms with Crippen LogP contribution in [0, 0.1) is 25.2 Å². The number of hydrogen-bond donors (Lipinski definition) is 1. The van der Waals surface area contributed by atoms with Crippen LogP contribution in [0.5, 0.6) is 5.75 Å². The number of hydrogen-bond acceptors (Lipinski definition) is 4. The molecule has 0 unspecified atom stereocenters. The molecule has 0 aliphatic rings. The molecule has 0 radical (unpaired) electrons. The summed E-state index contributed by atoms with van der Waals surface area (Å²) in [6.07, 6.45) is 1.38. The van der Waals surface area contributed by atoms with Gasteiger partial charge in [0, 0.05) is 17.8 Å². The Morgan fingerprint density at radius 2 is 2.15 bits per heavy atom. The van der Waals surface area contributed by atoms with Gasteiger partial charge < -0.3 is 10.1 Å². The first-order valence-electron chi connectivity index (χ1n) is 8.97. The van der Waals surface area contributed by atoms with Crippen LogP contribution in [0.3, 0.4) is 0 Å². The lowest BCUT2D eigenvalue weighted by Crippen LogP contribution is -2.13. The quantitative estimate of drug-likeness (QED) is 0.725. The van der Waals surface area contributed by atoms with Gasteiger partial charge in [-0.25, -0.2) is 0 Å². The number of aromatic nitrogens is 2. The molecular weight excluding hydrogens is 364 g/mol. The van der Waals surface area contributed by atoms with E-state index in [2.05, 4.69) is 16.5 Å². The molecule has 0 aliphatic carbocycles. The largest absolute Gasteiger partial charge is 0.489 e. The number of nitrogens with one attached hydrogen (secondary N) is 1. The zero-order valence-corrected chi connectivity index (χ0v) is 16.9. The lowest BCUT2D eigenvalue weighted by Gasteiger charge is -2.12. The predicted molar refractivity (Wildman–Crippen MR) is 106 cm³/mol. The van der Waals surface area contributed by atoms with Gasteiger partial charge in [0.25, 0.3) is 0 Å². The maximum Gasteiger partial charge on any atom is 0.224 e. The molecule has 1 amide bonds. The maximum absolute atomic E-state index is 12.3. The van der Waals surface area contributed by atoms with Crippen LogP contribution in [0.4, 0.5) is 5.69 Å². The van der Waals surface area contributed by atoms with E-state index in [-0.39, 0.29) is 12.0 Å². The van der Waals surface area contributed by atoms with Crippen molar-refractivity contribution in [3.05, 3.63) is 40.2 Å². The van der Waals surface area contributed by atoms with Crippen molar-refractivity contribution in [3.8, 4) is 11.8 Å². The van der Waals surface area contributed by atoms with E-state index in [1.165, 1.54) is 0 Å². The van der Waals surface area contributed by atoms with E-state index in [1.807, 2.05) is 32.4 Å². The van der Waals surface area contributed by atoms with Gasteiger partial charge in [-0.05, 0) is 57.9 Å². The summed E-state index contributed by atoms with van der Waals surface area (Å²) in [7, 11) is 0. The highest BCUT2D eigenvalue weighted by atomic mass is 35.5. The Kier molecular flexibility index (Phi) is 7.26. The first-order valence-corrected chi connectivity index (χ1v) is 9.35. The van der Waals surface area contributed by atoms with Gasteiger partial charge in [0.2, 0.25) is 5.91 Å². The van der Waals surface area contributed by atoms with Crippen LogP contribution in [0.25, 0.3) is 0 Å². The third kappa shape index (κ3) is 5.73. The highest BCUT2D eigenvalue weighted by Crippen LogP contribution is 2.28. The number of aryl methyl sites for hydroxylation is 2. The Morgan fingerprint density at radius 1 is 1.41 bits per heavy atom. The monoisotopic (exact) mass is 388 g/mol. The van der Waals surface area contributed by atoms with Gasteiger partial charge in [-0.2, -0.15) is 10.4 Å². The molecule has 0 bridgehead atoms. The number of nitriles is 1. The summed E-state index contributed by atoms with van der Waals surface area (Å²) >= 11 is 6.21. The Morgan fingerprint density at radius 3 is 2.78 bits per heavy atom. The summed E-state index contributed by atoms with van der Waals surface area (Å²) in [5, 5.41) is 16.5. The number of carbonyl (C=O) groups excluding carboxylic acids is 1. The van der Waals surface area contributed by atoms with Crippen molar-refractivity contribution in [2.45, 2.75) is 59.6 Å². The zero-order valence-electron chi connectivity index (χ0n) is 16.2. The van der Waals surface area contributed by atoms with Crippen LogP contribution in [0.2, 0.25) is 5.02 Å². The van der Waals surface area contributed by atoms with Crippen LogP contribution in [0.1, 0.15) is 43.6 Å². The smallest absolute Gasteiger partial charge is 0.224 e. The minimum Gasteiger partial charge on any atom is -0.489 e. The predicted octanol–water partition coefficient (Wildman–Crippen LogP) is 4.43. The molecule has 0 fully saturated rings. The van der Waals surface area contributed by atoms with Gasteiger partial charge in [-0.1, -0.05) is 11.6 Å². The van der Waals surface area contributed by atoms with Crippen molar-refractivity contribution in [1.82, 2.24) is 9.78 Å². The van der Waals surface area contributed by atoms with Crippen molar-refractivity contribution in [2.24, 2.45) is 0 Å². The molecule has 2 aromatic rings. The van der Waals surface area contributed by atoms with Crippen LogP contribution in [-0.4, -0.2) is 21.8 Å². The van der Waals surface area contributed by atoms with E-state index >= 15 is 0 Å². The Labute approximate surface area is 165 Å². The number of rotatable bonds is 8. The normalized spacial score (nSPS) is 10.7. The summed E-state index contributed by atoms with van der Waals surface area (Å²) in [6.45, 7) is 8.32. The number of benzene rings is 1. The van der Waals surface area contributed by atoms with E-state index in [0.717, 1.165) is 17.0 Å². The molecule has 0 aliphatic heterocycles. The molecule has 27 heavy (non-hydrogen) atoms. The minimum absolute atomic E-state index is 0.0310. The average Bonchev–Trinajstić information content (AvgIpc) is 2.87. The van der Waals surface area contributed by atoms with Crippen molar-refractivity contribution in [1.29, 1.82) is 5.26 Å². The standard InChI is InChI=1S/C20H25ClN4O2/c1-13(2)27-19-8-6-16(12-18(19)21)23-20(26)9-7-17-14(3)24-25(15(17)4)11-5-10-22/h6,8,12-13H,5,7,9,11H2,1-4H3,(H,23,26). The molecule has 0 spiro atoms. The average molecular weight is 389 g/mol. The topological polar surface area (TPSA) is 79.9 Å². The number of nitrogens with zero attached hydrogens (tertiary/aromatic N) is 3. The molecule has 2 rings (SSSR count). The zero-order chi connectivity index (χ0) is 20.0. The molecule has 7 heteroatoms. The van der Waals surface area contributed by atoms with E-state index in [0.29, 0.717) is 42.3 Å². The van der Waals surface area contributed by atoms with E-state index < -0.39 is 0 Å². The fourth-order valence-corrected chi connectivity index (χ4v) is 3.08. The summed E-state index contributed by atoms with van der Waals surface area (Å²) in [6, 6.07) is 7.34. The number of halogens is 1. The highest BCUT2D eigenvalue weighted by Gasteiger charge is 2.13. The Balaban J connectivity index is 1.96. The summed E-state index contributed by atoms with van der Waals surface area (Å²) < 4.78 is 7.43. The van der Waals surface area contributed by atoms with Gasteiger partial charge in [0.15, 0.2) is 0 Å². The summed E-state index contributed by atoms with van der Waals surface area (Å²) in [5.74, 6) is 0.507. The van der Waals surface area contributed by atoms with E-state index in [9.17, 15) is 4.79 Å². The van der Waals surface area contributed by atoms with Gasteiger partial charge in [-0.15, -0.1) is 0 Å². The van der Waals surface area contributed by atoms with Crippen molar-refractivity contribution < 1.29 is 9.53 Å². The maximum atomic E-state index is 12.3. The fraction of sp³-hybridized carbons (Fsp3) is 0.450. The highest BCUT2D eigenvalue weighted by molar-refractivity contribution is 6.32. The lowest BCUT2D eigenvalue weighted by molar-refractivity contribution is -0.116. The van der Waals surface area contributed by atoms with Crippen molar-refractivity contribution in [3.63, 3.8) is 0 Å². The van der Waals surface area contributed by atoms with Crippen LogP contribution in [-0.2, 0) is 17.8 Å². The van der Waals surface area contributed by atoms with Crippen molar-refractivity contribution >= 4 is 23.2 Å². The summed E-state index contributed by atoms with van der Waals surface area (Å²) in [5.41, 5.74) is 3.60. The van der Waals surface area contributed by atoms with Gasteiger partial charge >= 0.3 is 0 Å². The fourth-order valence-electron chi connectivity index (χ4n) is 2.86. The molecule has 1 aromatic carbocycles. The SMILES string of the molecule is Cc1nn(CCC#N)c(C)c1CCC(=O)Nc1ccc(OC(C)C)c(Cl)c1. The lowest BCUT2D eigenvalue weighted by atomic mass is 10.1. The molecule has 0 atom stereocenters. The second-order valence-electron chi connectivity index (χ2n) is 6.64. The first kappa shape index (κ1) is 20.8. The number of ether oxygens (including phenoxy) is 1. The Bertz CT molecular complexity index is 852. The van der Waals surface area contributed by atoms with Crippen LogP contribution in [0.15, 0.2) is 18.2 Å². The molecule has 0 saturated carbocycles. The molecular formula is C20H25ClN4O2. The van der Waals surface area contributed by atoms with Gasteiger partial charge in [0.05, 0.1) is 35.9 Å². The summed E-state index contributed by atoms with van der Waals surface area (Å²) in [4.78, 5) is 12.3. The van der Waals surface area contributed by atoms with E-state index in [1.54, 1.807) is 18.2 Å². The molecule has 144 valence electrons. The minimum atomic E-state index is -0.0906. The van der Waals surface area contributed by atoms with E-state index in [4.69, 9.17) is 21.6 Å². The molecule has 6 nitrogen and oxygen atoms in total. The first-order chi connectivity index (χ1) is 12.8. The van der Waals surface area contributed by atoms with Crippen LogP contribution < -0.4 is 10.1 Å². The molecule has 1 N–H and O–H groups in total. The van der Waals surface area contributed by atoms with Crippen molar-refractivity contribution in [2.75, 3.05) is 5.32 Å². The number of carbonyl (C=O) groups is 1.